The molecular weight excluding hydrogens is 260 g/mol. The van der Waals surface area contributed by atoms with Crippen molar-refractivity contribution < 1.29 is 4.74 Å². The molecule has 0 radical (unpaired) electrons. The van der Waals surface area contributed by atoms with Gasteiger partial charge in [0, 0.05) is 32.3 Å². The number of nitrogens with zero attached hydrogens (tertiary/aromatic N) is 1. The molecule has 1 heterocycles. The van der Waals surface area contributed by atoms with E-state index in [1.54, 1.807) is 0 Å². The van der Waals surface area contributed by atoms with Crippen molar-refractivity contribution in [2.45, 2.75) is 65.5 Å². The van der Waals surface area contributed by atoms with Gasteiger partial charge in [-0.1, -0.05) is 20.8 Å². The van der Waals surface area contributed by atoms with Gasteiger partial charge < -0.3 is 15.0 Å². The lowest BCUT2D eigenvalue weighted by Gasteiger charge is -2.40. The Balaban J connectivity index is 1.94. The van der Waals surface area contributed by atoms with E-state index in [9.17, 15) is 0 Å². The fraction of sp³-hybridized carbons (Fsp3) is 1.00. The molecule has 0 amide bonds. The van der Waals surface area contributed by atoms with Gasteiger partial charge in [0.15, 0.2) is 0 Å². The summed E-state index contributed by atoms with van der Waals surface area (Å²) in [5.41, 5.74) is 0. The molecule has 1 aliphatic heterocycles. The summed E-state index contributed by atoms with van der Waals surface area (Å²) in [6, 6.07) is 0.726. The molecule has 1 saturated heterocycles. The lowest BCUT2D eigenvalue weighted by Crippen LogP contribution is -2.47. The van der Waals surface area contributed by atoms with Gasteiger partial charge in [-0.3, -0.25) is 0 Å². The molecule has 4 atom stereocenters. The van der Waals surface area contributed by atoms with Gasteiger partial charge in [0.25, 0.3) is 0 Å². The molecule has 3 heteroatoms. The van der Waals surface area contributed by atoms with Crippen LogP contribution in [-0.4, -0.2) is 49.8 Å². The molecule has 1 aliphatic carbocycles. The summed E-state index contributed by atoms with van der Waals surface area (Å²) in [7, 11) is 0. The lowest BCUT2D eigenvalue weighted by atomic mass is 9.73. The first kappa shape index (κ1) is 17.2. The van der Waals surface area contributed by atoms with Crippen LogP contribution in [0.3, 0.4) is 0 Å². The number of nitrogens with one attached hydrogen (secondary N) is 1. The van der Waals surface area contributed by atoms with Gasteiger partial charge >= 0.3 is 0 Å². The second-order valence-electron chi connectivity index (χ2n) is 7.54. The monoisotopic (exact) mass is 296 g/mol. The third-order valence-corrected chi connectivity index (χ3v) is 5.46. The molecule has 4 unspecified atom stereocenters. The highest BCUT2D eigenvalue weighted by Crippen LogP contribution is 2.34. The van der Waals surface area contributed by atoms with E-state index in [2.05, 4.69) is 37.9 Å². The average Bonchev–Trinajstić information content (AvgIpc) is 2.65. The zero-order chi connectivity index (χ0) is 15.2. The third kappa shape index (κ3) is 5.22. The predicted octanol–water partition coefficient (Wildman–Crippen LogP) is 3.15. The Morgan fingerprint density at radius 1 is 1.29 bits per heavy atom. The second kappa shape index (κ2) is 8.50. The first-order valence-electron chi connectivity index (χ1n) is 9.17. The van der Waals surface area contributed by atoms with Crippen LogP contribution < -0.4 is 5.32 Å². The highest BCUT2D eigenvalue weighted by Gasteiger charge is 2.32. The standard InChI is InChI=1S/C18H36N2O/c1-5-19-18-8-7-16(14(2)3)11-17(18)13-20-9-6-10-21-15(4)12-20/h14-19H,5-13H2,1-4H3. The summed E-state index contributed by atoms with van der Waals surface area (Å²) >= 11 is 0. The van der Waals surface area contributed by atoms with Gasteiger partial charge in [-0.05, 0) is 56.9 Å². The fourth-order valence-corrected chi connectivity index (χ4v) is 4.22. The van der Waals surface area contributed by atoms with Crippen LogP contribution in [0, 0.1) is 17.8 Å². The Bertz CT molecular complexity index is 295. The minimum Gasteiger partial charge on any atom is -0.377 e. The van der Waals surface area contributed by atoms with Crippen molar-refractivity contribution in [1.82, 2.24) is 10.2 Å². The van der Waals surface area contributed by atoms with Crippen molar-refractivity contribution >= 4 is 0 Å². The van der Waals surface area contributed by atoms with Crippen LogP contribution >= 0.6 is 0 Å². The molecule has 2 fully saturated rings. The molecule has 0 aromatic carbocycles. The molecule has 2 aliphatic rings. The molecule has 0 spiro atoms. The third-order valence-electron chi connectivity index (χ3n) is 5.46. The highest BCUT2D eigenvalue weighted by molar-refractivity contribution is 4.88. The number of hydrogen-bond acceptors (Lipinski definition) is 3. The summed E-state index contributed by atoms with van der Waals surface area (Å²) < 4.78 is 5.80. The Morgan fingerprint density at radius 3 is 2.81 bits per heavy atom. The van der Waals surface area contributed by atoms with Crippen LogP contribution in [0.15, 0.2) is 0 Å². The van der Waals surface area contributed by atoms with Crippen molar-refractivity contribution in [2.24, 2.45) is 17.8 Å². The molecule has 2 rings (SSSR count). The molecule has 0 aromatic rings. The van der Waals surface area contributed by atoms with Gasteiger partial charge in [-0.2, -0.15) is 0 Å². The zero-order valence-corrected chi connectivity index (χ0v) is 14.6. The van der Waals surface area contributed by atoms with Crippen molar-refractivity contribution in [3.8, 4) is 0 Å². The molecule has 0 aromatic heterocycles. The second-order valence-corrected chi connectivity index (χ2v) is 7.54. The van der Waals surface area contributed by atoms with E-state index >= 15 is 0 Å². The van der Waals surface area contributed by atoms with Crippen molar-refractivity contribution in [1.29, 1.82) is 0 Å². The molecule has 124 valence electrons. The highest BCUT2D eigenvalue weighted by atomic mass is 16.5. The predicted molar refractivity (Wildman–Crippen MR) is 89.6 cm³/mol. The quantitative estimate of drug-likeness (QED) is 0.843. The van der Waals surface area contributed by atoms with Crippen LogP contribution in [0.2, 0.25) is 0 Å². The maximum absolute atomic E-state index is 5.80. The summed E-state index contributed by atoms with van der Waals surface area (Å²) in [4.78, 5) is 2.66. The number of hydrogen-bond donors (Lipinski definition) is 1. The van der Waals surface area contributed by atoms with E-state index in [4.69, 9.17) is 4.74 Å². The SMILES string of the molecule is CCNC1CCC(C(C)C)CC1CN1CCCOC(C)C1. The van der Waals surface area contributed by atoms with E-state index in [1.165, 1.54) is 38.8 Å². The minimum absolute atomic E-state index is 0.398. The lowest BCUT2D eigenvalue weighted by molar-refractivity contribution is 0.0593. The summed E-state index contributed by atoms with van der Waals surface area (Å²) in [6.07, 6.45) is 5.76. The van der Waals surface area contributed by atoms with Crippen molar-refractivity contribution in [2.75, 3.05) is 32.8 Å². The average molecular weight is 296 g/mol. The summed E-state index contributed by atoms with van der Waals surface area (Å²) in [5, 5.41) is 3.75. The van der Waals surface area contributed by atoms with Gasteiger partial charge in [-0.15, -0.1) is 0 Å². The van der Waals surface area contributed by atoms with E-state index in [-0.39, 0.29) is 0 Å². The normalized spacial score (nSPS) is 35.9. The van der Waals surface area contributed by atoms with Crippen LogP contribution in [0.1, 0.15) is 53.4 Å². The Kier molecular flexibility index (Phi) is 6.97. The van der Waals surface area contributed by atoms with E-state index in [1.807, 2.05) is 0 Å². The molecular formula is C18H36N2O. The van der Waals surface area contributed by atoms with E-state index in [0.717, 1.165) is 43.5 Å². The maximum Gasteiger partial charge on any atom is 0.0673 e. The van der Waals surface area contributed by atoms with E-state index in [0.29, 0.717) is 6.10 Å². The largest absolute Gasteiger partial charge is 0.377 e. The van der Waals surface area contributed by atoms with Gasteiger partial charge in [-0.25, -0.2) is 0 Å². The summed E-state index contributed by atoms with van der Waals surface area (Å²) in [5.74, 6) is 2.57. The Hall–Kier alpha value is -0.120. The molecule has 21 heavy (non-hydrogen) atoms. The smallest absolute Gasteiger partial charge is 0.0673 e. The number of ether oxygens (including phenoxy) is 1. The van der Waals surface area contributed by atoms with Crippen LogP contribution in [0.25, 0.3) is 0 Å². The van der Waals surface area contributed by atoms with Gasteiger partial charge in [0.1, 0.15) is 0 Å². The topological polar surface area (TPSA) is 24.5 Å². The number of rotatable bonds is 5. The molecule has 0 bridgehead atoms. The molecule has 1 N–H and O–H groups in total. The first-order valence-corrected chi connectivity index (χ1v) is 9.17. The minimum atomic E-state index is 0.398. The van der Waals surface area contributed by atoms with Gasteiger partial charge in [0.2, 0.25) is 0 Å². The van der Waals surface area contributed by atoms with Crippen LogP contribution in [0.5, 0.6) is 0 Å². The molecule has 1 saturated carbocycles. The Morgan fingerprint density at radius 2 is 2.10 bits per heavy atom. The van der Waals surface area contributed by atoms with Crippen LogP contribution in [0.4, 0.5) is 0 Å². The van der Waals surface area contributed by atoms with Gasteiger partial charge in [0.05, 0.1) is 6.10 Å². The maximum atomic E-state index is 5.80. The molecule has 3 nitrogen and oxygen atoms in total. The Labute approximate surface area is 131 Å². The van der Waals surface area contributed by atoms with Crippen molar-refractivity contribution in [3.63, 3.8) is 0 Å². The zero-order valence-electron chi connectivity index (χ0n) is 14.6. The first-order chi connectivity index (χ1) is 10.1. The van der Waals surface area contributed by atoms with Crippen LogP contribution in [-0.2, 0) is 4.74 Å². The summed E-state index contributed by atoms with van der Waals surface area (Å²) in [6.45, 7) is 14.9. The van der Waals surface area contributed by atoms with Crippen molar-refractivity contribution in [3.05, 3.63) is 0 Å². The fourth-order valence-electron chi connectivity index (χ4n) is 4.22. The van der Waals surface area contributed by atoms with E-state index < -0.39 is 0 Å².